The Morgan fingerprint density at radius 2 is 2.11 bits per heavy atom. The second kappa shape index (κ2) is 6.77. The zero-order valence-corrected chi connectivity index (χ0v) is 11.4. The van der Waals surface area contributed by atoms with E-state index in [1.54, 1.807) is 24.1 Å². The van der Waals surface area contributed by atoms with Crippen molar-refractivity contribution in [2.24, 2.45) is 18.9 Å². The fraction of sp³-hybridized carbons (Fsp3) is 0.583. The van der Waals surface area contributed by atoms with Crippen molar-refractivity contribution in [3.05, 3.63) is 18.0 Å². The van der Waals surface area contributed by atoms with Crippen molar-refractivity contribution in [3.8, 4) is 0 Å². The summed E-state index contributed by atoms with van der Waals surface area (Å²) in [5.74, 6) is -1.51. The summed E-state index contributed by atoms with van der Waals surface area (Å²) >= 11 is 0. The molecule has 19 heavy (non-hydrogen) atoms. The minimum Gasteiger partial charge on any atom is -0.481 e. The summed E-state index contributed by atoms with van der Waals surface area (Å²) in [5.41, 5.74) is 0.885. The van der Waals surface area contributed by atoms with Crippen LogP contribution in [-0.2, 0) is 18.4 Å². The lowest BCUT2D eigenvalue weighted by molar-refractivity contribution is -0.142. The Morgan fingerprint density at radius 1 is 1.42 bits per heavy atom. The fourth-order valence-electron chi connectivity index (χ4n) is 1.62. The molecular weight excluding hydrogens is 248 g/mol. The molecule has 7 heteroatoms. The highest BCUT2D eigenvalue weighted by molar-refractivity contribution is 5.75. The molecule has 1 atom stereocenters. The molecule has 0 aliphatic rings. The average Bonchev–Trinajstić information content (AvgIpc) is 2.71. The van der Waals surface area contributed by atoms with Crippen LogP contribution in [0.4, 0.5) is 4.79 Å². The SMILES string of the molecule is CC(C)C(CNC(=O)NCc1cnn(C)c1)C(=O)O. The third kappa shape index (κ3) is 4.99. The van der Waals surface area contributed by atoms with E-state index >= 15 is 0 Å². The maximum atomic E-state index is 11.5. The monoisotopic (exact) mass is 268 g/mol. The predicted molar refractivity (Wildman–Crippen MR) is 69.4 cm³/mol. The van der Waals surface area contributed by atoms with Crippen molar-refractivity contribution in [3.63, 3.8) is 0 Å². The first-order valence-corrected chi connectivity index (χ1v) is 6.12. The third-order valence-corrected chi connectivity index (χ3v) is 2.82. The number of rotatable bonds is 6. The third-order valence-electron chi connectivity index (χ3n) is 2.82. The minimum atomic E-state index is -0.900. The van der Waals surface area contributed by atoms with Gasteiger partial charge in [-0.25, -0.2) is 4.79 Å². The van der Waals surface area contributed by atoms with E-state index in [1.807, 2.05) is 13.8 Å². The van der Waals surface area contributed by atoms with Gasteiger partial charge in [0.05, 0.1) is 12.1 Å². The molecular formula is C12H20N4O3. The van der Waals surface area contributed by atoms with Crippen LogP contribution in [0.25, 0.3) is 0 Å². The van der Waals surface area contributed by atoms with Crippen LogP contribution >= 0.6 is 0 Å². The maximum absolute atomic E-state index is 11.5. The van der Waals surface area contributed by atoms with Gasteiger partial charge in [-0.15, -0.1) is 0 Å². The standard InChI is InChI=1S/C12H20N4O3/c1-8(2)10(11(17)18)6-14-12(19)13-4-9-5-15-16(3)7-9/h5,7-8,10H,4,6H2,1-3H3,(H,17,18)(H2,13,14,19). The molecule has 3 N–H and O–H groups in total. The molecule has 1 aromatic heterocycles. The van der Waals surface area contributed by atoms with Crippen LogP contribution in [0.2, 0.25) is 0 Å². The molecule has 1 heterocycles. The molecule has 0 aliphatic carbocycles. The number of carboxylic acids is 1. The van der Waals surface area contributed by atoms with E-state index in [0.29, 0.717) is 6.54 Å². The predicted octanol–water partition coefficient (Wildman–Crippen LogP) is 0.576. The molecule has 106 valence electrons. The summed E-state index contributed by atoms with van der Waals surface area (Å²) in [6.45, 7) is 4.10. The number of nitrogens with zero attached hydrogens (tertiary/aromatic N) is 2. The molecule has 0 aromatic carbocycles. The zero-order valence-electron chi connectivity index (χ0n) is 11.4. The van der Waals surface area contributed by atoms with E-state index < -0.39 is 11.9 Å². The highest BCUT2D eigenvalue weighted by atomic mass is 16.4. The zero-order chi connectivity index (χ0) is 14.4. The highest BCUT2D eigenvalue weighted by Gasteiger charge is 2.21. The lowest BCUT2D eigenvalue weighted by Crippen LogP contribution is -2.40. The first kappa shape index (κ1) is 15.0. The van der Waals surface area contributed by atoms with Gasteiger partial charge in [-0.1, -0.05) is 13.8 Å². The number of urea groups is 1. The Morgan fingerprint density at radius 3 is 2.58 bits per heavy atom. The number of carboxylic acid groups (broad SMARTS) is 1. The first-order chi connectivity index (χ1) is 8.90. The molecule has 1 rings (SSSR count). The molecule has 0 saturated carbocycles. The first-order valence-electron chi connectivity index (χ1n) is 6.12. The number of hydrogen-bond acceptors (Lipinski definition) is 3. The summed E-state index contributed by atoms with van der Waals surface area (Å²) in [6.07, 6.45) is 3.46. The molecule has 1 unspecified atom stereocenters. The molecule has 0 fully saturated rings. The van der Waals surface area contributed by atoms with Gasteiger partial charge >= 0.3 is 12.0 Å². The van der Waals surface area contributed by atoms with E-state index in [2.05, 4.69) is 15.7 Å². The molecule has 0 spiro atoms. The number of carbonyl (C=O) groups is 2. The van der Waals surface area contributed by atoms with E-state index in [-0.39, 0.29) is 18.5 Å². The second-order valence-electron chi connectivity index (χ2n) is 4.77. The Balaban J connectivity index is 2.33. The number of carbonyl (C=O) groups excluding carboxylic acids is 1. The number of aryl methyl sites for hydroxylation is 1. The van der Waals surface area contributed by atoms with Gasteiger partial charge in [0.1, 0.15) is 0 Å². The van der Waals surface area contributed by atoms with E-state index in [4.69, 9.17) is 5.11 Å². The van der Waals surface area contributed by atoms with Crippen LogP contribution in [-0.4, -0.2) is 33.4 Å². The number of nitrogens with one attached hydrogen (secondary N) is 2. The van der Waals surface area contributed by atoms with Crippen molar-refractivity contribution in [1.82, 2.24) is 20.4 Å². The highest BCUT2D eigenvalue weighted by Crippen LogP contribution is 2.09. The van der Waals surface area contributed by atoms with Crippen LogP contribution in [0.1, 0.15) is 19.4 Å². The molecule has 0 bridgehead atoms. The van der Waals surface area contributed by atoms with Gasteiger partial charge in [0, 0.05) is 31.9 Å². The largest absolute Gasteiger partial charge is 0.481 e. The van der Waals surface area contributed by atoms with Gasteiger partial charge < -0.3 is 15.7 Å². The van der Waals surface area contributed by atoms with Crippen LogP contribution in [0.3, 0.4) is 0 Å². The summed E-state index contributed by atoms with van der Waals surface area (Å²) < 4.78 is 1.65. The van der Waals surface area contributed by atoms with Crippen molar-refractivity contribution in [2.75, 3.05) is 6.54 Å². The fourth-order valence-corrected chi connectivity index (χ4v) is 1.62. The van der Waals surface area contributed by atoms with Gasteiger partial charge in [-0.05, 0) is 5.92 Å². The molecule has 0 radical (unpaired) electrons. The average molecular weight is 268 g/mol. The van der Waals surface area contributed by atoms with Crippen LogP contribution in [0, 0.1) is 11.8 Å². The van der Waals surface area contributed by atoms with Gasteiger partial charge in [0.25, 0.3) is 0 Å². The van der Waals surface area contributed by atoms with E-state index in [9.17, 15) is 9.59 Å². The van der Waals surface area contributed by atoms with E-state index in [0.717, 1.165) is 5.56 Å². The second-order valence-corrected chi connectivity index (χ2v) is 4.77. The Bertz CT molecular complexity index is 442. The molecule has 1 aromatic rings. The minimum absolute atomic E-state index is 0.0314. The summed E-state index contributed by atoms with van der Waals surface area (Å²) in [6, 6.07) is -0.379. The number of aliphatic carboxylic acids is 1. The van der Waals surface area contributed by atoms with E-state index in [1.165, 1.54) is 0 Å². The molecule has 0 saturated heterocycles. The summed E-state index contributed by atoms with van der Waals surface area (Å²) in [4.78, 5) is 22.5. The Kier molecular flexibility index (Phi) is 5.35. The maximum Gasteiger partial charge on any atom is 0.315 e. The summed E-state index contributed by atoms with van der Waals surface area (Å²) in [7, 11) is 1.80. The van der Waals surface area contributed by atoms with Crippen LogP contribution in [0.15, 0.2) is 12.4 Å². The number of hydrogen-bond donors (Lipinski definition) is 3. The van der Waals surface area contributed by atoms with Crippen molar-refractivity contribution < 1.29 is 14.7 Å². The van der Waals surface area contributed by atoms with Gasteiger partial charge in [0.2, 0.25) is 0 Å². The Hall–Kier alpha value is -2.05. The van der Waals surface area contributed by atoms with Gasteiger partial charge in [-0.2, -0.15) is 5.10 Å². The van der Waals surface area contributed by atoms with Crippen LogP contribution < -0.4 is 10.6 Å². The van der Waals surface area contributed by atoms with Gasteiger partial charge in [0.15, 0.2) is 0 Å². The summed E-state index contributed by atoms with van der Waals surface area (Å²) in [5, 5.41) is 18.2. The quantitative estimate of drug-likeness (QED) is 0.703. The Labute approximate surface area is 112 Å². The van der Waals surface area contributed by atoms with Crippen molar-refractivity contribution in [2.45, 2.75) is 20.4 Å². The topological polar surface area (TPSA) is 96.3 Å². The lowest BCUT2D eigenvalue weighted by Gasteiger charge is -2.16. The molecule has 0 aliphatic heterocycles. The number of aromatic nitrogens is 2. The van der Waals surface area contributed by atoms with Crippen LogP contribution in [0.5, 0.6) is 0 Å². The van der Waals surface area contributed by atoms with Crippen molar-refractivity contribution >= 4 is 12.0 Å². The lowest BCUT2D eigenvalue weighted by atomic mass is 9.96. The molecule has 7 nitrogen and oxygen atoms in total. The number of amides is 2. The van der Waals surface area contributed by atoms with Crippen molar-refractivity contribution in [1.29, 1.82) is 0 Å². The normalized spacial score (nSPS) is 12.2. The smallest absolute Gasteiger partial charge is 0.315 e. The van der Waals surface area contributed by atoms with Gasteiger partial charge in [-0.3, -0.25) is 9.48 Å². The molecule has 2 amide bonds.